The van der Waals surface area contributed by atoms with Gasteiger partial charge in [-0.05, 0) is 12.0 Å². The lowest BCUT2D eigenvalue weighted by atomic mass is 9.99. The van der Waals surface area contributed by atoms with Crippen molar-refractivity contribution in [3.8, 4) is 0 Å². The third-order valence-electron chi connectivity index (χ3n) is 2.72. The molecule has 0 aromatic heterocycles. The van der Waals surface area contributed by atoms with E-state index < -0.39 is 18.3 Å². The number of aliphatic hydroxyl groups is 3. The van der Waals surface area contributed by atoms with Gasteiger partial charge >= 0.3 is 0 Å². The summed E-state index contributed by atoms with van der Waals surface area (Å²) in [6.45, 7) is 1.85. The Morgan fingerprint density at radius 2 is 1.62 bits per heavy atom. The zero-order valence-corrected chi connectivity index (χ0v) is 9.58. The Bertz CT molecular complexity index is 286. The standard InChI is InChI=1S/C13H20O3/c1-2-11(14)9-13(16)12(15)8-10-6-4-3-5-7-10/h3-7,11-16H,2,8-9H2,1H3/t11-,12+,13+/m0/s1. The maximum atomic E-state index is 9.75. The summed E-state index contributed by atoms with van der Waals surface area (Å²) in [5, 5.41) is 28.8. The van der Waals surface area contributed by atoms with E-state index >= 15 is 0 Å². The molecule has 3 heteroatoms. The zero-order valence-electron chi connectivity index (χ0n) is 9.58. The van der Waals surface area contributed by atoms with Crippen LogP contribution in [0.4, 0.5) is 0 Å². The average molecular weight is 224 g/mol. The predicted octanol–water partition coefficient (Wildman–Crippen LogP) is 1.11. The summed E-state index contributed by atoms with van der Waals surface area (Å²) in [4.78, 5) is 0. The number of aliphatic hydroxyl groups excluding tert-OH is 3. The van der Waals surface area contributed by atoms with Gasteiger partial charge in [-0.3, -0.25) is 0 Å². The monoisotopic (exact) mass is 224 g/mol. The summed E-state index contributed by atoms with van der Waals surface area (Å²) >= 11 is 0. The molecule has 0 aliphatic heterocycles. The number of hydrogen-bond acceptors (Lipinski definition) is 3. The van der Waals surface area contributed by atoms with Gasteiger partial charge in [-0.2, -0.15) is 0 Å². The van der Waals surface area contributed by atoms with Crippen molar-refractivity contribution in [3.05, 3.63) is 35.9 Å². The van der Waals surface area contributed by atoms with E-state index in [2.05, 4.69) is 0 Å². The van der Waals surface area contributed by atoms with Crippen LogP contribution in [-0.4, -0.2) is 33.6 Å². The summed E-state index contributed by atoms with van der Waals surface area (Å²) < 4.78 is 0. The molecule has 90 valence electrons. The van der Waals surface area contributed by atoms with Gasteiger partial charge < -0.3 is 15.3 Å². The van der Waals surface area contributed by atoms with Gasteiger partial charge in [-0.25, -0.2) is 0 Å². The van der Waals surface area contributed by atoms with E-state index in [1.807, 2.05) is 37.3 Å². The molecule has 0 heterocycles. The van der Waals surface area contributed by atoms with E-state index in [4.69, 9.17) is 0 Å². The Hall–Kier alpha value is -0.900. The van der Waals surface area contributed by atoms with Gasteiger partial charge in [0, 0.05) is 12.8 Å². The molecule has 0 saturated carbocycles. The smallest absolute Gasteiger partial charge is 0.0840 e. The van der Waals surface area contributed by atoms with Crippen LogP contribution in [0.15, 0.2) is 30.3 Å². The van der Waals surface area contributed by atoms with E-state index in [-0.39, 0.29) is 6.42 Å². The fourth-order valence-corrected chi connectivity index (χ4v) is 1.59. The lowest BCUT2D eigenvalue weighted by molar-refractivity contribution is -0.0120. The highest BCUT2D eigenvalue weighted by molar-refractivity contribution is 5.15. The van der Waals surface area contributed by atoms with Crippen LogP contribution >= 0.6 is 0 Å². The Morgan fingerprint density at radius 3 is 2.19 bits per heavy atom. The van der Waals surface area contributed by atoms with Gasteiger partial charge in [0.1, 0.15) is 0 Å². The van der Waals surface area contributed by atoms with Crippen LogP contribution in [0.2, 0.25) is 0 Å². The molecule has 0 saturated heterocycles. The lowest BCUT2D eigenvalue weighted by Crippen LogP contribution is -2.31. The van der Waals surface area contributed by atoms with Crippen molar-refractivity contribution in [2.24, 2.45) is 0 Å². The molecule has 1 aromatic rings. The number of hydrogen-bond donors (Lipinski definition) is 3. The van der Waals surface area contributed by atoms with Gasteiger partial charge in [-0.15, -0.1) is 0 Å². The second-order valence-electron chi connectivity index (χ2n) is 4.12. The first-order chi connectivity index (χ1) is 7.63. The van der Waals surface area contributed by atoms with Gasteiger partial charge in [0.05, 0.1) is 18.3 Å². The van der Waals surface area contributed by atoms with Crippen LogP contribution in [0.25, 0.3) is 0 Å². The van der Waals surface area contributed by atoms with Crippen molar-refractivity contribution in [2.75, 3.05) is 0 Å². The number of rotatable bonds is 6. The summed E-state index contributed by atoms with van der Waals surface area (Å²) in [6.07, 6.45) is -0.989. The van der Waals surface area contributed by atoms with Crippen molar-refractivity contribution in [2.45, 2.75) is 44.5 Å². The minimum Gasteiger partial charge on any atom is -0.393 e. The molecule has 0 radical (unpaired) electrons. The van der Waals surface area contributed by atoms with Crippen LogP contribution in [0.5, 0.6) is 0 Å². The second-order valence-corrected chi connectivity index (χ2v) is 4.12. The highest BCUT2D eigenvalue weighted by Crippen LogP contribution is 2.11. The third kappa shape index (κ3) is 4.31. The van der Waals surface area contributed by atoms with Crippen molar-refractivity contribution >= 4 is 0 Å². The SMILES string of the molecule is CC[C@H](O)C[C@@H](O)[C@H](O)Cc1ccccc1. The maximum Gasteiger partial charge on any atom is 0.0840 e. The molecule has 0 amide bonds. The van der Waals surface area contributed by atoms with E-state index in [0.717, 1.165) is 5.56 Å². The Balaban J connectivity index is 2.43. The molecule has 3 atom stereocenters. The van der Waals surface area contributed by atoms with Gasteiger partial charge in [0.2, 0.25) is 0 Å². The van der Waals surface area contributed by atoms with Crippen LogP contribution < -0.4 is 0 Å². The van der Waals surface area contributed by atoms with E-state index in [9.17, 15) is 15.3 Å². The van der Waals surface area contributed by atoms with Crippen molar-refractivity contribution in [1.29, 1.82) is 0 Å². The molecule has 3 nitrogen and oxygen atoms in total. The van der Waals surface area contributed by atoms with E-state index in [1.54, 1.807) is 0 Å². The summed E-state index contributed by atoms with van der Waals surface area (Å²) in [6, 6.07) is 9.52. The average Bonchev–Trinajstić information content (AvgIpc) is 2.30. The largest absolute Gasteiger partial charge is 0.393 e. The van der Waals surface area contributed by atoms with Gasteiger partial charge in [0.25, 0.3) is 0 Å². The molecule has 16 heavy (non-hydrogen) atoms. The van der Waals surface area contributed by atoms with E-state index in [1.165, 1.54) is 0 Å². The number of benzene rings is 1. The molecule has 0 aliphatic rings. The highest BCUT2D eigenvalue weighted by atomic mass is 16.3. The quantitative estimate of drug-likeness (QED) is 0.678. The molecule has 3 N–H and O–H groups in total. The maximum absolute atomic E-state index is 9.75. The zero-order chi connectivity index (χ0) is 12.0. The lowest BCUT2D eigenvalue weighted by Gasteiger charge is -2.20. The van der Waals surface area contributed by atoms with Crippen LogP contribution in [-0.2, 0) is 6.42 Å². The Labute approximate surface area is 96.4 Å². The molecule has 0 unspecified atom stereocenters. The summed E-state index contributed by atoms with van der Waals surface area (Å²) in [7, 11) is 0. The molecule has 0 spiro atoms. The van der Waals surface area contributed by atoms with Crippen molar-refractivity contribution in [1.82, 2.24) is 0 Å². The first-order valence-electron chi connectivity index (χ1n) is 5.71. The minimum absolute atomic E-state index is 0.227. The first-order valence-corrected chi connectivity index (χ1v) is 5.71. The fraction of sp³-hybridized carbons (Fsp3) is 0.538. The normalized spacial score (nSPS) is 16.8. The van der Waals surface area contributed by atoms with Crippen molar-refractivity contribution in [3.63, 3.8) is 0 Å². The molecule has 0 fully saturated rings. The first kappa shape index (κ1) is 13.2. The van der Waals surface area contributed by atoms with Crippen LogP contribution in [0.3, 0.4) is 0 Å². The molecule has 0 bridgehead atoms. The molecule has 1 aromatic carbocycles. The Kier molecular flexibility index (Phi) is 5.46. The minimum atomic E-state index is -0.866. The predicted molar refractivity (Wildman–Crippen MR) is 63.1 cm³/mol. The van der Waals surface area contributed by atoms with Gasteiger partial charge in [-0.1, -0.05) is 37.3 Å². The Morgan fingerprint density at radius 1 is 1.00 bits per heavy atom. The summed E-state index contributed by atoms with van der Waals surface area (Å²) in [5.41, 5.74) is 0.986. The van der Waals surface area contributed by atoms with Crippen molar-refractivity contribution < 1.29 is 15.3 Å². The van der Waals surface area contributed by atoms with Crippen LogP contribution in [0.1, 0.15) is 25.3 Å². The molecule has 0 aliphatic carbocycles. The molecular weight excluding hydrogens is 204 g/mol. The molecular formula is C13H20O3. The second kappa shape index (κ2) is 6.63. The molecule has 1 rings (SSSR count). The summed E-state index contributed by atoms with van der Waals surface area (Å²) in [5.74, 6) is 0. The van der Waals surface area contributed by atoms with Gasteiger partial charge in [0.15, 0.2) is 0 Å². The third-order valence-corrected chi connectivity index (χ3v) is 2.72. The topological polar surface area (TPSA) is 60.7 Å². The van der Waals surface area contributed by atoms with Crippen LogP contribution in [0, 0.1) is 0 Å². The fourth-order valence-electron chi connectivity index (χ4n) is 1.59. The highest BCUT2D eigenvalue weighted by Gasteiger charge is 2.19. The van der Waals surface area contributed by atoms with E-state index in [0.29, 0.717) is 12.8 Å².